The lowest BCUT2D eigenvalue weighted by Crippen LogP contribution is -2.51. The van der Waals surface area contributed by atoms with Crippen molar-refractivity contribution in [1.29, 1.82) is 0 Å². The Kier molecular flexibility index (Phi) is 3.48. The summed E-state index contributed by atoms with van der Waals surface area (Å²) in [5.74, 6) is 1.41. The minimum absolute atomic E-state index is 0.00970. The maximum atomic E-state index is 12.2. The lowest BCUT2D eigenvalue weighted by atomic mass is 9.48. The van der Waals surface area contributed by atoms with E-state index in [0.717, 1.165) is 19.3 Å². The van der Waals surface area contributed by atoms with E-state index in [-0.39, 0.29) is 40.3 Å². The molecule has 0 aromatic heterocycles. The first-order chi connectivity index (χ1) is 11.3. The number of rotatable bonds is 1. The van der Waals surface area contributed by atoms with Gasteiger partial charge >= 0.3 is 0 Å². The summed E-state index contributed by atoms with van der Waals surface area (Å²) < 4.78 is 0. The fraction of sp³-hybridized carbons (Fsp3) is 0.714. The van der Waals surface area contributed by atoms with Gasteiger partial charge in [-0.3, -0.25) is 9.59 Å². The second-order valence-corrected chi connectivity index (χ2v) is 9.06. The van der Waals surface area contributed by atoms with E-state index in [1.807, 2.05) is 6.08 Å². The minimum atomic E-state index is -0.388. The minimum Gasteiger partial charge on any atom is -0.393 e. The standard InChI is InChI=1S/C21H28O3/c1-12(22)17-11-18(24)19-15-5-4-13-10-14(23)6-8-20(13,2)16(15)7-9-21(17,19)3/h4-5,10,15-19,24H,6-9,11H2,1-3H3/t15-,16+,17-,18-,19-,20+,21-/m1/s1. The van der Waals surface area contributed by atoms with Crippen molar-refractivity contribution < 1.29 is 14.7 Å². The summed E-state index contributed by atoms with van der Waals surface area (Å²) in [6, 6.07) is 0. The SMILES string of the molecule is CC(=O)[C@H]1C[C@@H](O)[C@H]2[C@@H]3C=CC4=CC(=O)CC[C@]4(C)[C@H]3CC[C@@]21C. The van der Waals surface area contributed by atoms with Gasteiger partial charge in [0, 0.05) is 12.3 Å². The van der Waals surface area contributed by atoms with Crippen molar-refractivity contribution in [3.05, 3.63) is 23.8 Å². The van der Waals surface area contributed by atoms with Crippen LogP contribution < -0.4 is 0 Å². The van der Waals surface area contributed by atoms with Crippen LogP contribution in [0.25, 0.3) is 0 Å². The Morgan fingerprint density at radius 1 is 1.29 bits per heavy atom. The average molecular weight is 328 g/mol. The zero-order valence-corrected chi connectivity index (χ0v) is 14.9. The second-order valence-electron chi connectivity index (χ2n) is 9.06. The number of fused-ring (bicyclic) bond motifs is 5. The van der Waals surface area contributed by atoms with E-state index in [2.05, 4.69) is 26.0 Å². The van der Waals surface area contributed by atoms with E-state index in [1.165, 1.54) is 5.57 Å². The molecule has 2 fully saturated rings. The summed E-state index contributed by atoms with van der Waals surface area (Å²) in [6.07, 6.45) is 10.1. The molecule has 0 spiro atoms. The summed E-state index contributed by atoms with van der Waals surface area (Å²) >= 11 is 0. The molecule has 7 atom stereocenters. The Balaban J connectivity index is 1.76. The van der Waals surface area contributed by atoms with Crippen LogP contribution in [0.1, 0.15) is 52.9 Å². The van der Waals surface area contributed by atoms with Crippen LogP contribution in [0, 0.1) is 34.5 Å². The molecule has 24 heavy (non-hydrogen) atoms. The Labute approximate surface area is 144 Å². The van der Waals surface area contributed by atoms with Gasteiger partial charge in [-0.2, -0.15) is 0 Å². The number of ketones is 2. The van der Waals surface area contributed by atoms with Crippen LogP contribution in [0.15, 0.2) is 23.8 Å². The summed E-state index contributed by atoms with van der Waals surface area (Å²) in [7, 11) is 0. The van der Waals surface area contributed by atoms with Gasteiger partial charge in [-0.1, -0.05) is 26.0 Å². The zero-order valence-electron chi connectivity index (χ0n) is 14.9. The van der Waals surface area contributed by atoms with Crippen molar-refractivity contribution in [1.82, 2.24) is 0 Å². The highest BCUT2D eigenvalue weighted by atomic mass is 16.3. The smallest absolute Gasteiger partial charge is 0.156 e. The number of carbonyl (C=O) groups is 2. The lowest BCUT2D eigenvalue weighted by Gasteiger charge is -2.56. The van der Waals surface area contributed by atoms with Crippen molar-refractivity contribution in [3.8, 4) is 0 Å². The molecule has 0 bridgehead atoms. The molecule has 4 rings (SSSR count). The summed E-state index contributed by atoms with van der Waals surface area (Å²) in [4.78, 5) is 24.0. The molecule has 0 unspecified atom stereocenters. The second kappa shape index (κ2) is 5.14. The van der Waals surface area contributed by atoms with E-state index in [0.29, 0.717) is 24.7 Å². The van der Waals surface area contributed by atoms with Crippen LogP contribution in [0.4, 0.5) is 0 Å². The molecular weight excluding hydrogens is 300 g/mol. The third-order valence-electron chi connectivity index (χ3n) is 8.00. The molecule has 0 heterocycles. The van der Waals surface area contributed by atoms with Crippen LogP contribution in [-0.4, -0.2) is 22.8 Å². The third kappa shape index (κ3) is 2.00. The van der Waals surface area contributed by atoms with Crippen LogP contribution in [0.5, 0.6) is 0 Å². The molecule has 0 aromatic carbocycles. The quantitative estimate of drug-likeness (QED) is 0.802. The number of aliphatic hydroxyl groups is 1. The van der Waals surface area contributed by atoms with Crippen molar-refractivity contribution >= 4 is 11.6 Å². The van der Waals surface area contributed by atoms with Crippen molar-refractivity contribution in [2.75, 3.05) is 0 Å². The number of hydrogen-bond donors (Lipinski definition) is 1. The fourth-order valence-corrected chi connectivity index (χ4v) is 6.69. The van der Waals surface area contributed by atoms with Gasteiger partial charge in [0.25, 0.3) is 0 Å². The van der Waals surface area contributed by atoms with Gasteiger partial charge < -0.3 is 5.11 Å². The van der Waals surface area contributed by atoms with E-state index >= 15 is 0 Å². The molecule has 0 aliphatic heterocycles. The van der Waals surface area contributed by atoms with E-state index in [1.54, 1.807) is 6.92 Å². The molecule has 130 valence electrons. The Bertz CT molecular complexity index is 660. The largest absolute Gasteiger partial charge is 0.393 e. The third-order valence-corrected chi connectivity index (χ3v) is 8.00. The summed E-state index contributed by atoms with van der Waals surface area (Å²) in [5, 5.41) is 10.8. The normalized spacial score (nSPS) is 49.9. The van der Waals surface area contributed by atoms with E-state index in [4.69, 9.17) is 0 Å². The maximum absolute atomic E-state index is 12.2. The molecular formula is C21H28O3. The molecule has 0 aromatic rings. The fourth-order valence-electron chi connectivity index (χ4n) is 6.69. The Hall–Kier alpha value is -1.22. The van der Waals surface area contributed by atoms with Crippen molar-refractivity contribution in [2.24, 2.45) is 34.5 Å². The van der Waals surface area contributed by atoms with Gasteiger partial charge in [0.05, 0.1) is 6.10 Å². The highest BCUT2D eigenvalue weighted by molar-refractivity contribution is 5.92. The average Bonchev–Trinajstić information content (AvgIpc) is 2.80. The van der Waals surface area contributed by atoms with Crippen LogP contribution in [0.3, 0.4) is 0 Å². The first kappa shape index (κ1) is 16.3. The topological polar surface area (TPSA) is 54.4 Å². The van der Waals surface area contributed by atoms with Crippen LogP contribution in [-0.2, 0) is 9.59 Å². The van der Waals surface area contributed by atoms with Crippen LogP contribution in [0.2, 0.25) is 0 Å². The first-order valence-corrected chi connectivity index (χ1v) is 9.39. The van der Waals surface area contributed by atoms with Gasteiger partial charge in [0.1, 0.15) is 5.78 Å². The number of hydrogen-bond acceptors (Lipinski definition) is 3. The molecule has 3 heteroatoms. The van der Waals surface area contributed by atoms with E-state index in [9.17, 15) is 14.7 Å². The van der Waals surface area contributed by atoms with Gasteiger partial charge in [-0.05, 0) is 72.8 Å². The molecule has 1 N–H and O–H groups in total. The highest BCUT2D eigenvalue weighted by Gasteiger charge is 2.61. The molecule has 0 amide bonds. The number of carbonyl (C=O) groups excluding carboxylic acids is 2. The van der Waals surface area contributed by atoms with Crippen molar-refractivity contribution in [2.45, 2.75) is 59.0 Å². The predicted octanol–water partition coefficient (Wildman–Crippen LogP) is 3.47. The zero-order chi connectivity index (χ0) is 17.3. The molecule has 3 nitrogen and oxygen atoms in total. The number of Topliss-reactive ketones (excluding diaryl/α,β-unsaturated/α-hetero) is 1. The molecule has 4 aliphatic rings. The van der Waals surface area contributed by atoms with E-state index < -0.39 is 0 Å². The van der Waals surface area contributed by atoms with Gasteiger partial charge in [-0.25, -0.2) is 0 Å². The summed E-state index contributed by atoms with van der Waals surface area (Å²) in [5.41, 5.74) is 1.14. The first-order valence-electron chi connectivity index (χ1n) is 9.39. The lowest BCUT2D eigenvalue weighted by molar-refractivity contribution is -0.127. The van der Waals surface area contributed by atoms with Gasteiger partial charge in [0.15, 0.2) is 5.78 Å². The predicted molar refractivity (Wildman–Crippen MR) is 92.2 cm³/mol. The molecule has 4 aliphatic carbocycles. The van der Waals surface area contributed by atoms with Crippen LogP contribution >= 0.6 is 0 Å². The highest BCUT2D eigenvalue weighted by Crippen LogP contribution is 2.65. The summed E-state index contributed by atoms with van der Waals surface area (Å²) in [6.45, 7) is 6.21. The monoisotopic (exact) mass is 328 g/mol. The van der Waals surface area contributed by atoms with Gasteiger partial charge in [0.2, 0.25) is 0 Å². The molecule has 2 saturated carbocycles. The Morgan fingerprint density at radius 2 is 2.04 bits per heavy atom. The number of allylic oxidation sites excluding steroid dienone is 4. The Morgan fingerprint density at radius 3 is 2.75 bits per heavy atom. The van der Waals surface area contributed by atoms with Crippen molar-refractivity contribution in [3.63, 3.8) is 0 Å². The molecule has 0 radical (unpaired) electrons. The maximum Gasteiger partial charge on any atom is 0.156 e. The molecule has 0 saturated heterocycles. The van der Waals surface area contributed by atoms with Gasteiger partial charge in [-0.15, -0.1) is 0 Å². The number of aliphatic hydroxyl groups excluding tert-OH is 1.